The average Bonchev–Trinajstić information content (AvgIpc) is 1.78. The van der Waals surface area contributed by atoms with Crippen LogP contribution in [0.1, 0.15) is 32.6 Å². The number of nitrogens with zero attached hydrogens (tertiary/aromatic N) is 1. The maximum Gasteiger partial charge on any atom is 0.0780 e. The van der Waals surface area contributed by atoms with Crippen molar-refractivity contribution in [2.24, 2.45) is 0 Å². The highest BCUT2D eigenvalue weighted by atomic mass is 16.0. The molecule has 0 aromatic rings. The van der Waals surface area contributed by atoms with Crippen LogP contribution in [-0.2, 0) is 0 Å². The van der Waals surface area contributed by atoms with Gasteiger partial charge in [-0.3, -0.25) is 0 Å². The van der Waals surface area contributed by atoms with Gasteiger partial charge in [-0.15, -0.1) is 0 Å². The van der Waals surface area contributed by atoms with Gasteiger partial charge in [0.15, 0.2) is 0 Å². The van der Waals surface area contributed by atoms with E-state index in [2.05, 4.69) is 28.1 Å². The third-order valence-corrected chi connectivity index (χ3v) is 1.68. The van der Waals surface area contributed by atoms with Crippen molar-refractivity contribution in [1.29, 1.82) is 0 Å². The fourth-order valence-corrected chi connectivity index (χ4v) is 1.01. The van der Waals surface area contributed by atoms with Crippen molar-refractivity contribution in [2.75, 3.05) is 27.7 Å². The Morgan fingerprint density at radius 2 is 1.45 bits per heavy atom. The van der Waals surface area contributed by atoms with E-state index in [1.807, 2.05) is 0 Å². The molecule has 0 rings (SSSR count). The lowest BCUT2D eigenvalue weighted by Gasteiger charge is -2.23. The lowest BCUT2D eigenvalue weighted by molar-refractivity contribution is -0.870. The molecule has 0 saturated heterocycles. The van der Waals surface area contributed by atoms with Crippen LogP contribution < -0.4 is 0 Å². The van der Waals surface area contributed by atoms with Gasteiger partial charge in [-0.25, -0.2) is 0 Å². The van der Waals surface area contributed by atoms with E-state index < -0.39 is 0 Å². The SMILES string of the molecule is CCCCCC[N+](C)(C)C.[OH-]. The van der Waals surface area contributed by atoms with E-state index in [-0.39, 0.29) is 5.48 Å². The van der Waals surface area contributed by atoms with Crippen LogP contribution in [0, 0.1) is 0 Å². The van der Waals surface area contributed by atoms with E-state index in [1.54, 1.807) is 0 Å². The second-order valence-corrected chi connectivity index (χ2v) is 4.07. The number of rotatable bonds is 5. The van der Waals surface area contributed by atoms with Crippen LogP contribution in [0.3, 0.4) is 0 Å². The first-order valence-corrected chi connectivity index (χ1v) is 4.36. The molecule has 0 amide bonds. The summed E-state index contributed by atoms with van der Waals surface area (Å²) in [5.41, 5.74) is 0. The molecule has 0 aromatic carbocycles. The molecular formula is C9H23NO. The monoisotopic (exact) mass is 161 g/mol. The molecule has 0 saturated carbocycles. The number of quaternary nitrogens is 1. The van der Waals surface area contributed by atoms with Crippen LogP contribution in [0.5, 0.6) is 0 Å². The van der Waals surface area contributed by atoms with E-state index in [0.717, 1.165) is 4.48 Å². The molecule has 0 fully saturated rings. The largest absolute Gasteiger partial charge is 0.870 e. The minimum absolute atomic E-state index is 0. The van der Waals surface area contributed by atoms with Crippen LogP contribution >= 0.6 is 0 Å². The van der Waals surface area contributed by atoms with E-state index in [9.17, 15) is 0 Å². The summed E-state index contributed by atoms with van der Waals surface area (Å²) < 4.78 is 1.11. The van der Waals surface area contributed by atoms with Crippen LogP contribution in [0.2, 0.25) is 0 Å². The van der Waals surface area contributed by atoms with Gasteiger partial charge in [0.1, 0.15) is 0 Å². The molecule has 0 aliphatic rings. The van der Waals surface area contributed by atoms with Crippen LogP contribution in [-0.4, -0.2) is 37.6 Å². The predicted molar refractivity (Wildman–Crippen MR) is 49.0 cm³/mol. The van der Waals surface area contributed by atoms with Crippen molar-refractivity contribution in [3.63, 3.8) is 0 Å². The van der Waals surface area contributed by atoms with E-state index >= 15 is 0 Å². The highest BCUT2D eigenvalue weighted by Crippen LogP contribution is 2.01. The first-order valence-electron chi connectivity index (χ1n) is 4.36. The van der Waals surface area contributed by atoms with Crippen LogP contribution in [0.15, 0.2) is 0 Å². The molecule has 2 heteroatoms. The molecule has 0 aromatic heterocycles. The third kappa shape index (κ3) is 13.0. The summed E-state index contributed by atoms with van der Waals surface area (Å²) in [6.45, 7) is 3.58. The number of unbranched alkanes of at least 4 members (excludes halogenated alkanes) is 3. The maximum absolute atomic E-state index is 2.26. The van der Waals surface area contributed by atoms with Gasteiger partial charge in [0.05, 0.1) is 27.7 Å². The van der Waals surface area contributed by atoms with Crippen molar-refractivity contribution in [1.82, 2.24) is 0 Å². The Kier molecular flexibility index (Phi) is 8.13. The van der Waals surface area contributed by atoms with Crippen molar-refractivity contribution in [2.45, 2.75) is 32.6 Å². The molecule has 0 heterocycles. The molecule has 0 bridgehead atoms. The van der Waals surface area contributed by atoms with E-state index in [4.69, 9.17) is 0 Å². The van der Waals surface area contributed by atoms with Crippen molar-refractivity contribution < 1.29 is 9.96 Å². The van der Waals surface area contributed by atoms with Gasteiger partial charge >= 0.3 is 0 Å². The van der Waals surface area contributed by atoms with E-state index in [1.165, 1.54) is 32.2 Å². The molecule has 11 heavy (non-hydrogen) atoms. The summed E-state index contributed by atoms with van der Waals surface area (Å²) in [6.07, 6.45) is 5.54. The van der Waals surface area contributed by atoms with Crippen LogP contribution in [0.4, 0.5) is 0 Å². The molecule has 0 atom stereocenters. The predicted octanol–water partition coefficient (Wildman–Crippen LogP) is 2.10. The Morgan fingerprint density at radius 3 is 1.82 bits per heavy atom. The summed E-state index contributed by atoms with van der Waals surface area (Å²) in [6, 6.07) is 0. The molecule has 0 aliphatic carbocycles. The van der Waals surface area contributed by atoms with Crippen molar-refractivity contribution >= 4 is 0 Å². The Bertz CT molecular complexity index is 76.1. The summed E-state index contributed by atoms with van der Waals surface area (Å²) in [7, 11) is 6.77. The second kappa shape index (κ2) is 6.62. The molecule has 0 aliphatic heterocycles. The minimum atomic E-state index is 0. The van der Waals surface area contributed by atoms with Crippen molar-refractivity contribution in [3.05, 3.63) is 0 Å². The number of hydrogen-bond donors (Lipinski definition) is 0. The minimum Gasteiger partial charge on any atom is -0.870 e. The summed E-state index contributed by atoms with van der Waals surface area (Å²) >= 11 is 0. The molecule has 70 valence electrons. The molecule has 0 spiro atoms. The fourth-order valence-electron chi connectivity index (χ4n) is 1.01. The van der Waals surface area contributed by atoms with Gasteiger partial charge < -0.3 is 9.96 Å². The highest BCUT2D eigenvalue weighted by molar-refractivity contribution is 4.38. The molecule has 1 N–H and O–H groups in total. The molecule has 0 unspecified atom stereocenters. The first kappa shape index (κ1) is 13.5. The Labute approximate surface area is 71.1 Å². The first-order chi connectivity index (χ1) is 4.56. The number of hydrogen-bond acceptors (Lipinski definition) is 1. The Morgan fingerprint density at radius 1 is 0.909 bits per heavy atom. The Hall–Kier alpha value is -0.0800. The standard InChI is InChI=1S/C9H22N.H2O/c1-5-6-7-8-9-10(2,3)4;/h5-9H2,1-4H3;1H2/q+1;/p-1. The summed E-state index contributed by atoms with van der Waals surface area (Å²) in [5, 5.41) is 0. The molecular weight excluding hydrogens is 138 g/mol. The van der Waals surface area contributed by atoms with Crippen LogP contribution in [0.25, 0.3) is 0 Å². The van der Waals surface area contributed by atoms with Gasteiger partial charge in [0.2, 0.25) is 0 Å². The zero-order chi connectivity index (χ0) is 8.04. The van der Waals surface area contributed by atoms with Gasteiger partial charge in [-0.1, -0.05) is 19.8 Å². The zero-order valence-electron chi connectivity index (χ0n) is 8.43. The van der Waals surface area contributed by atoms with Crippen molar-refractivity contribution in [3.8, 4) is 0 Å². The Balaban J connectivity index is 0. The van der Waals surface area contributed by atoms with Gasteiger partial charge in [0, 0.05) is 0 Å². The maximum atomic E-state index is 2.26. The van der Waals surface area contributed by atoms with Gasteiger partial charge in [0.25, 0.3) is 0 Å². The zero-order valence-corrected chi connectivity index (χ0v) is 8.43. The lowest BCUT2D eigenvalue weighted by Crippen LogP contribution is -2.35. The summed E-state index contributed by atoms with van der Waals surface area (Å²) in [4.78, 5) is 0. The smallest absolute Gasteiger partial charge is 0.0780 e. The highest BCUT2D eigenvalue weighted by Gasteiger charge is 2.04. The fraction of sp³-hybridized carbons (Fsp3) is 1.00. The van der Waals surface area contributed by atoms with E-state index in [0.29, 0.717) is 0 Å². The average molecular weight is 161 g/mol. The lowest BCUT2D eigenvalue weighted by atomic mass is 10.2. The topological polar surface area (TPSA) is 30.0 Å². The third-order valence-electron chi connectivity index (χ3n) is 1.68. The van der Waals surface area contributed by atoms with Gasteiger partial charge in [-0.05, 0) is 12.8 Å². The molecule has 2 nitrogen and oxygen atoms in total. The molecule has 0 radical (unpaired) electrons. The summed E-state index contributed by atoms with van der Waals surface area (Å²) in [5.74, 6) is 0. The van der Waals surface area contributed by atoms with Gasteiger partial charge in [-0.2, -0.15) is 0 Å². The quantitative estimate of drug-likeness (QED) is 0.448. The normalized spacial score (nSPS) is 10.9. The second-order valence-electron chi connectivity index (χ2n) is 4.07.